The molecular formula is C11H9Cl2NO2. The van der Waals surface area contributed by atoms with Crippen LogP contribution in [0.5, 0.6) is 5.75 Å². The molecule has 84 valence electrons. The molecule has 0 radical (unpaired) electrons. The van der Waals surface area contributed by atoms with E-state index in [9.17, 15) is 5.11 Å². The summed E-state index contributed by atoms with van der Waals surface area (Å²) in [6.45, 7) is 1.97. The lowest BCUT2D eigenvalue weighted by molar-refractivity contribution is 0.425. The highest BCUT2D eigenvalue weighted by Gasteiger charge is 2.16. The Hall–Kier alpha value is -1.19. The molecule has 1 N–H and O–H groups in total. The van der Waals surface area contributed by atoms with Crippen LogP contribution in [0, 0.1) is 0 Å². The lowest BCUT2D eigenvalue weighted by Gasteiger charge is -2.05. The monoisotopic (exact) mass is 257 g/mol. The van der Waals surface area contributed by atoms with Crippen molar-refractivity contribution in [2.75, 3.05) is 0 Å². The molecule has 0 aliphatic carbocycles. The highest BCUT2D eigenvalue weighted by Crippen LogP contribution is 2.39. The third-order valence-corrected chi connectivity index (χ3v) is 2.80. The maximum atomic E-state index is 9.84. The fourth-order valence-electron chi connectivity index (χ4n) is 1.47. The second kappa shape index (κ2) is 4.36. The average molecular weight is 258 g/mol. The van der Waals surface area contributed by atoms with Crippen LogP contribution in [0.15, 0.2) is 22.9 Å². The van der Waals surface area contributed by atoms with Crippen LogP contribution in [0.1, 0.15) is 12.5 Å². The minimum Gasteiger partial charge on any atom is -0.506 e. The number of nitrogens with zero attached hydrogens (tertiary/aromatic N) is 1. The lowest BCUT2D eigenvalue weighted by Crippen LogP contribution is -1.84. The number of aryl methyl sites for hydroxylation is 1. The van der Waals surface area contributed by atoms with Crippen molar-refractivity contribution in [1.82, 2.24) is 5.16 Å². The predicted molar refractivity (Wildman–Crippen MR) is 63.0 cm³/mol. The van der Waals surface area contributed by atoms with Crippen LogP contribution in [-0.2, 0) is 6.42 Å². The standard InChI is InChI=1S/C11H9Cl2NO2/c1-2-6-5-14-16-11(6)8-3-7(12)4-9(13)10(8)15/h3-5,15H,2H2,1H3. The number of hydrogen-bond donors (Lipinski definition) is 1. The van der Waals surface area contributed by atoms with Gasteiger partial charge in [0.15, 0.2) is 5.76 Å². The normalized spacial score (nSPS) is 10.7. The summed E-state index contributed by atoms with van der Waals surface area (Å²) in [6.07, 6.45) is 2.37. The van der Waals surface area contributed by atoms with Gasteiger partial charge >= 0.3 is 0 Å². The summed E-state index contributed by atoms with van der Waals surface area (Å²) in [5, 5.41) is 14.2. The number of hydrogen-bond acceptors (Lipinski definition) is 3. The quantitative estimate of drug-likeness (QED) is 0.887. The fourth-order valence-corrected chi connectivity index (χ4v) is 1.97. The number of phenols is 1. The number of halogens is 2. The minimum atomic E-state index is -0.0440. The molecule has 0 saturated carbocycles. The summed E-state index contributed by atoms with van der Waals surface area (Å²) in [6, 6.07) is 3.08. The third-order valence-electron chi connectivity index (χ3n) is 2.30. The van der Waals surface area contributed by atoms with Crippen LogP contribution in [0.25, 0.3) is 11.3 Å². The number of benzene rings is 1. The Bertz CT molecular complexity index is 523. The zero-order chi connectivity index (χ0) is 11.7. The molecule has 0 amide bonds. The second-order valence-corrected chi connectivity index (χ2v) is 4.16. The van der Waals surface area contributed by atoms with E-state index in [2.05, 4.69) is 5.16 Å². The summed E-state index contributed by atoms with van der Waals surface area (Å²) in [5.41, 5.74) is 1.36. The van der Waals surface area contributed by atoms with Crippen LogP contribution in [0.4, 0.5) is 0 Å². The maximum Gasteiger partial charge on any atom is 0.173 e. The number of aromatic nitrogens is 1. The first-order valence-electron chi connectivity index (χ1n) is 4.75. The van der Waals surface area contributed by atoms with E-state index in [1.54, 1.807) is 12.3 Å². The van der Waals surface area contributed by atoms with E-state index in [0.29, 0.717) is 16.3 Å². The maximum absolute atomic E-state index is 9.84. The first-order chi connectivity index (χ1) is 7.63. The van der Waals surface area contributed by atoms with Gasteiger partial charge in [-0.25, -0.2) is 0 Å². The summed E-state index contributed by atoms with van der Waals surface area (Å²) in [5.74, 6) is 0.460. The van der Waals surface area contributed by atoms with E-state index in [1.807, 2.05) is 6.92 Å². The molecule has 3 nitrogen and oxygen atoms in total. The Labute approximate surface area is 103 Å². The van der Waals surface area contributed by atoms with Crippen LogP contribution in [-0.4, -0.2) is 10.3 Å². The minimum absolute atomic E-state index is 0.0440. The van der Waals surface area contributed by atoms with Crippen LogP contribution >= 0.6 is 23.2 Å². The summed E-state index contributed by atoms with van der Waals surface area (Å²) in [7, 11) is 0. The molecule has 1 aromatic carbocycles. The Balaban J connectivity index is 2.64. The lowest BCUT2D eigenvalue weighted by atomic mass is 10.1. The predicted octanol–water partition coefficient (Wildman–Crippen LogP) is 3.92. The van der Waals surface area contributed by atoms with Gasteiger partial charge in [-0.1, -0.05) is 35.3 Å². The van der Waals surface area contributed by atoms with Crippen LogP contribution < -0.4 is 0 Å². The van der Waals surface area contributed by atoms with Crippen molar-refractivity contribution in [3.05, 3.63) is 33.9 Å². The fraction of sp³-hybridized carbons (Fsp3) is 0.182. The molecule has 1 heterocycles. The topological polar surface area (TPSA) is 46.3 Å². The zero-order valence-corrected chi connectivity index (χ0v) is 10.0. The Morgan fingerprint density at radius 1 is 1.38 bits per heavy atom. The highest BCUT2D eigenvalue weighted by molar-refractivity contribution is 6.36. The van der Waals surface area contributed by atoms with Gasteiger partial charge in [-0.15, -0.1) is 0 Å². The molecule has 0 saturated heterocycles. The molecule has 0 unspecified atom stereocenters. The molecule has 0 bridgehead atoms. The van der Waals surface area contributed by atoms with E-state index in [-0.39, 0.29) is 10.8 Å². The largest absolute Gasteiger partial charge is 0.506 e. The van der Waals surface area contributed by atoms with Gasteiger partial charge in [0.25, 0.3) is 0 Å². The van der Waals surface area contributed by atoms with Crippen molar-refractivity contribution < 1.29 is 9.63 Å². The Morgan fingerprint density at radius 2 is 2.12 bits per heavy atom. The van der Waals surface area contributed by atoms with E-state index >= 15 is 0 Å². The van der Waals surface area contributed by atoms with E-state index in [1.165, 1.54) is 6.07 Å². The van der Waals surface area contributed by atoms with Crippen molar-refractivity contribution in [3.8, 4) is 17.1 Å². The van der Waals surface area contributed by atoms with Crippen molar-refractivity contribution in [1.29, 1.82) is 0 Å². The Morgan fingerprint density at radius 3 is 2.81 bits per heavy atom. The summed E-state index contributed by atoms with van der Waals surface area (Å²) < 4.78 is 5.11. The van der Waals surface area contributed by atoms with Crippen molar-refractivity contribution in [3.63, 3.8) is 0 Å². The summed E-state index contributed by atoms with van der Waals surface area (Å²) in [4.78, 5) is 0. The molecule has 0 atom stereocenters. The van der Waals surface area contributed by atoms with Gasteiger partial charge in [-0.3, -0.25) is 0 Å². The van der Waals surface area contributed by atoms with Crippen molar-refractivity contribution in [2.24, 2.45) is 0 Å². The van der Waals surface area contributed by atoms with Crippen molar-refractivity contribution in [2.45, 2.75) is 13.3 Å². The Kier molecular flexibility index (Phi) is 3.08. The summed E-state index contributed by atoms with van der Waals surface area (Å²) >= 11 is 11.7. The first-order valence-corrected chi connectivity index (χ1v) is 5.51. The second-order valence-electron chi connectivity index (χ2n) is 3.32. The van der Waals surface area contributed by atoms with Crippen LogP contribution in [0.2, 0.25) is 10.0 Å². The van der Waals surface area contributed by atoms with Gasteiger partial charge < -0.3 is 9.63 Å². The van der Waals surface area contributed by atoms with Gasteiger partial charge in [-0.05, 0) is 18.6 Å². The molecule has 1 aromatic heterocycles. The number of rotatable bonds is 2. The van der Waals surface area contributed by atoms with Crippen LogP contribution in [0.3, 0.4) is 0 Å². The van der Waals surface area contributed by atoms with E-state index < -0.39 is 0 Å². The van der Waals surface area contributed by atoms with Gasteiger partial charge in [0.2, 0.25) is 0 Å². The van der Waals surface area contributed by atoms with E-state index in [0.717, 1.165) is 12.0 Å². The smallest absolute Gasteiger partial charge is 0.173 e. The first kappa shape index (κ1) is 11.3. The third kappa shape index (κ3) is 1.88. The molecule has 0 aliphatic rings. The molecular weight excluding hydrogens is 249 g/mol. The van der Waals surface area contributed by atoms with Crippen molar-refractivity contribution >= 4 is 23.2 Å². The highest BCUT2D eigenvalue weighted by atomic mass is 35.5. The molecule has 2 rings (SSSR count). The molecule has 2 aromatic rings. The molecule has 0 spiro atoms. The molecule has 5 heteroatoms. The van der Waals surface area contributed by atoms with E-state index in [4.69, 9.17) is 27.7 Å². The van der Waals surface area contributed by atoms with Gasteiger partial charge in [0.05, 0.1) is 16.8 Å². The zero-order valence-electron chi connectivity index (χ0n) is 8.50. The molecule has 0 fully saturated rings. The van der Waals surface area contributed by atoms with Gasteiger partial charge in [0, 0.05) is 10.6 Å². The number of aromatic hydroxyl groups is 1. The van der Waals surface area contributed by atoms with Gasteiger partial charge in [-0.2, -0.15) is 0 Å². The molecule has 0 aliphatic heterocycles. The van der Waals surface area contributed by atoms with Gasteiger partial charge in [0.1, 0.15) is 5.75 Å². The molecule has 16 heavy (non-hydrogen) atoms. The SMILES string of the molecule is CCc1cnoc1-c1cc(Cl)cc(Cl)c1O. The average Bonchev–Trinajstić information content (AvgIpc) is 2.71. The number of phenolic OH excluding ortho intramolecular Hbond substituents is 1.